The van der Waals surface area contributed by atoms with Crippen LogP contribution in [0.5, 0.6) is 5.19 Å². The average Bonchev–Trinajstić information content (AvgIpc) is 2.50. The van der Waals surface area contributed by atoms with E-state index in [9.17, 15) is 0 Å². The minimum Gasteiger partial charge on any atom is -0.466 e. The third kappa shape index (κ3) is 3.29. The molecule has 0 amide bonds. The van der Waals surface area contributed by atoms with Crippen LogP contribution in [0.1, 0.15) is 6.92 Å². The number of nitrogens with zero attached hydrogens (tertiary/aromatic N) is 2. The normalized spacial score (nSPS) is 9.91. The Morgan fingerprint density at radius 1 is 1.55 bits per heavy atom. The zero-order valence-corrected chi connectivity index (χ0v) is 7.13. The lowest BCUT2D eigenvalue weighted by Crippen LogP contribution is -2.05. The Labute approximate surface area is 69.2 Å². The predicted molar refractivity (Wildman–Crippen MR) is 41.9 cm³/mol. The monoisotopic (exact) mass is 174 g/mol. The van der Waals surface area contributed by atoms with Crippen molar-refractivity contribution < 1.29 is 9.47 Å². The summed E-state index contributed by atoms with van der Waals surface area (Å²) in [5.74, 6) is 0. The van der Waals surface area contributed by atoms with Gasteiger partial charge in [0.2, 0.25) is 0 Å². The van der Waals surface area contributed by atoms with Gasteiger partial charge in [0.1, 0.15) is 12.1 Å². The number of hydrogen-bond acceptors (Lipinski definition) is 5. The van der Waals surface area contributed by atoms with E-state index in [4.69, 9.17) is 9.47 Å². The quantitative estimate of drug-likeness (QED) is 0.623. The molecule has 0 saturated heterocycles. The van der Waals surface area contributed by atoms with Crippen LogP contribution < -0.4 is 4.74 Å². The lowest BCUT2D eigenvalue weighted by atomic mass is 10.7. The zero-order valence-electron chi connectivity index (χ0n) is 6.32. The molecular weight excluding hydrogens is 164 g/mol. The molecule has 1 heterocycles. The number of ether oxygens (including phenoxy) is 2. The van der Waals surface area contributed by atoms with E-state index in [0.29, 0.717) is 18.4 Å². The number of rotatable bonds is 5. The van der Waals surface area contributed by atoms with Crippen LogP contribution >= 0.6 is 11.3 Å². The molecule has 0 aliphatic rings. The highest BCUT2D eigenvalue weighted by Crippen LogP contribution is 2.10. The van der Waals surface area contributed by atoms with Crippen molar-refractivity contribution in [1.82, 2.24) is 10.2 Å². The predicted octanol–water partition coefficient (Wildman–Crippen LogP) is 0.953. The molecule has 1 aromatic heterocycles. The molecule has 0 saturated carbocycles. The van der Waals surface area contributed by atoms with Crippen molar-refractivity contribution in [2.24, 2.45) is 0 Å². The van der Waals surface area contributed by atoms with Gasteiger partial charge >= 0.3 is 0 Å². The smallest absolute Gasteiger partial charge is 0.293 e. The van der Waals surface area contributed by atoms with Crippen molar-refractivity contribution in [3.05, 3.63) is 5.51 Å². The zero-order chi connectivity index (χ0) is 7.94. The molecule has 0 N–H and O–H groups in total. The lowest BCUT2D eigenvalue weighted by Gasteiger charge is -2.00. The molecule has 0 aliphatic carbocycles. The first kappa shape index (κ1) is 8.42. The van der Waals surface area contributed by atoms with Gasteiger partial charge in [-0.3, -0.25) is 0 Å². The van der Waals surface area contributed by atoms with Gasteiger partial charge in [0.05, 0.1) is 6.61 Å². The summed E-state index contributed by atoms with van der Waals surface area (Å²) in [5, 5.41) is 7.93. The van der Waals surface area contributed by atoms with Crippen LogP contribution in [-0.4, -0.2) is 30.0 Å². The Kier molecular flexibility index (Phi) is 3.85. The summed E-state index contributed by atoms with van der Waals surface area (Å²) in [6.07, 6.45) is 0. The lowest BCUT2D eigenvalue weighted by molar-refractivity contribution is 0.110. The maximum Gasteiger partial charge on any atom is 0.293 e. The van der Waals surface area contributed by atoms with Gasteiger partial charge in [0.25, 0.3) is 5.19 Å². The van der Waals surface area contributed by atoms with Crippen molar-refractivity contribution in [2.75, 3.05) is 19.8 Å². The van der Waals surface area contributed by atoms with E-state index in [-0.39, 0.29) is 0 Å². The topological polar surface area (TPSA) is 44.2 Å². The summed E-state index contributed by atoms with van der Waals surface area (Å²) in [5.41, 5.74) is 1.63. The van der Waals surface area contributed by atoms with Gasteiger partial charge in [-0.25, -0.2) is 0 Å². The van der Waals surface area contributed by atoms with Gasteiger partial charge in [0, 0.05) is 6.61 Å². The molecular formula is C6H10N2O2S. The summed E-state index contributed by atoms with van der Waals surface area (Å²) in [4.78, 5) is 0. The maximum atomic E-state index is 5.17. The molecule has 4 nitrogen and oxygen atoms in total. The van der Waals surface area contributed by atoms with Crippen LogP contribution in [0.3, 0.4) is 0 Å². The van der Waals surface area contributed by atoms with Gasteiger partial charge < -0.3 is 9.47 Å². The number of hydrogen-bond donors (Lipinski definition) is 0. The highest BCUT2D eigenvalue weighted by Gasteiger charge is 1.94. The molecule has 0 bridgehead atoms. The van der Waals surface area contributed by atoms with Gasteiger partial charge in [0.15, 0.2) is 0 Å². The summed E-state index contributed by atoms with van der Waals surface area (Å²) in [6.45, 7) is 3.82. The van der Waals surface area contributed by atoms with Crippen LogP contribution in [0, 0.1) is 0 Å². The number of aromatic nitrogens is 2. The van der Waals surface area contributed by atoms with E-state index < -0.39 is 0 Å². The molecule has 1 aromatic rings. The van der Waals surface area contributed by atoms with Crippen LogP contribution in [0.4, 0.5) is 0 Å². The van der Waals surface area contributed by atoms with Gasteiger partial charge in [-0.05, 0) is 6.92 Å². The maximum absolute atomic E-state index is 5.17. The largest absolute Gasteiger partial charge is 0.466 e. The van der Waals surface area contributed by atoms with E-state index in [1.54, 1.807) is 5.51 Å². The van der Waals surface area contributed by atoms with E-state index in [0.717, 1.165) is 6.61 Å². The first-order valence-electron chi connectivity index (χ1n) is 3.40. The minimum absolute atomic E-state index is 0.545. The van der Waals surface area contributed by atoms with Crippen LogP contribution in [0.2, 0.25) is 0 Å². The van der Waals surface area contributed by atoms with Gasteiger partial charge in [-0.2, -0.15) is 0 Å². The fraction of sp³-hybridized carbons (Fsp3) is 0.667. The molecule has 0 atom stereocenters. The third-order valence-electron chi connectivity index (χ3n) is 0.997. The highest BCUT2D eigenvalue weighted by atomic mass is 32.1. The fourth-order valence-corrected chi connectivity index (χ4v) is 0.988. The van der Waals surface area contributed by atoms with Crippen molar-refractivity contribution in [3.63, 3.8) is 0 Å². The standard InChI is InChI=1S/C6H10N2O2S/c1-2-9-3-4-10-6-8-7-5-11-6/h5H,2-4H2,1H3. The summed E-state index contributed by atoms with van der Waals surface area (Å²) >= 11 is 1.38. The second-order valence-electron chi connectivity index (χ2n) is 1.75. The van der Waals surface area contributed by atoms with Crippen LogP contribution in [0.25, 0.3) is 0 Å². The molecule has 11 heavy (non-hydrogen) atoms. The highest BCUT2D eigenvalue weighted by molar-refractivity contribution is 7.11. The molecule has 0 fully saturated rings. The van der Waals surface area contributed by atoms with Crippen molar-refractivity contribution in [1.29, 1.82) is 0 Å². The Morgan fingerprint density at radius 2 is 2.45 bits per heavy atom. The van der Waals surface area contributed by atoms with Gasteiger partial charge in [-0.1, -0.05) is 11.3 Å². The summed E-state index contributed by atoms with van der Waals surface area (Å²) in [6, 6.07) is 0. The molecule has 0 unspecified atom stereocenters. The third-order valence-corrected chi connectivity index (χ3v) is 1.60. The van der Waals surface area contributed by atoms with E-state index in [2.05, 4.69) is 10.2 Å². The Morgan fingerprint density at radius 3 is 3.09 bits per heavy atom. The first-order valence-corrected chi connectivity index (χ1v) is 4.28. The fourth-order valence-electron chi connectivity index (χ4n) is 0.558. The minimum atomic E-state index is 0.545. The van der Waals surface area contributed by atoms with Crippen molar-refractivity contribution >= 4 is 11.3 Å². The second kappa shape index (κ2) is 5.03. The average molecular weight is 174 g/mol. The van der Waals surface area contributed by atoms with Crippen molar-refractivity contribution in [3.8, 4) is 5.19 Å². The molecule has 0 radical (unpaired) electrons. The van der Waals surface area contributed by atoms with Crippen LogP contribution in [0.15, 0.2) is 5.51 Å². The van der Waals surface area contributed by atoms with Crippen molar-refractivity contribution in [2.45, 2.75) is 6.92 Å². The summed E-state index contributed by atoms with van der Waals surface area (Å²) in [7, 11) is 0. The molecule has 1 rings (SSSR count). The second-order valence-corrected chi connectivity index (χ2v) is 2.55. The Bertz CT molecular complexity index is 179. The van der Waals surface area contributed by atoms with E-state index in [1.807, 2.05) is 6.92 Å². The van der Waals surface area contributed by atoms with Gasteiger partial charge in [-0.15, -0.1) is 10.2 Å². The molecule has 0 aliphatic heterocycles. The Hall–Kier alpha value is -0.680. The Balaban J connectivity index is 2.04. The van der Waals surface area contributed by atoms with E-state index in [1.165, 1.54) is 11.3 Å². The molecule has 62 valence electrons. The first-order chi connectivity index (χ1) is 5.43. The summed E-state index contributed by atoms with van der Waals surface area (Å²) < 4.78 is 10.2. The molecule has 0 aromatic carbocycles. The molecule has 5 heteroatoms. The van der Waals surface area contributed by atoms with Crippen LogP contribution in [-0.2, 0) is 4.74 Å². The van der Waals surface area contributed by atoms with E-state index >= 15 is 0 Å². The SMILES string of the molecule is CCOCCOc1nncs1. The molecule has 0 spiro atoms.